The van der Waals surface area contributed by atoms with Gasteiger partial charge in [0.15, 0.2) is 0 Å². The Balaban J connectivity index is 2.54. The lowest BCUT2D eigenvalue weighted by atomic mass is 10.1. The second kappa shape index (κ2) is 5.05. The van der Waals surface area contributed by atoms with Crippen molar-refractivity contribution in [3.05, 3.63) is 57.7 Å². The van der Waals surface area contributed by atoms with Crippen LogP contribution >= 0.6 is 12.6 Å². The van der Waals surface area contributed by atoms with Crippen molar-refractivity contribution in [1.29, 1.82) is 0 Å². The number of carbonyl (C=O) groups is 1. The first kappa shape index (κ1) is 12.4. The molecule has 0 unspecified atom stereocenters. The second-order valence-corrected chi connectivity index (χ2v) is 3.83. The van der Waals surface area contributed by atoms with Gasteiger partial charge in [0.25, 0.3) is 0 Å². The number of thiol groups is 1. The van der Waals surface area contributed by atoms with Crippen molar-refractivity contribution in [2.45, 2.75) is 6.92 Å². The molecule has 6 heteroatoms. The first-order valence-electron chi connectivity index (χ1n) is 5.15. The Morgan fingerprint density at radius 1 is 1.39 bits per heavy atom. The van der Waals surface area contributed by atoms with Crippen LogP contribution in [0, 0.1) is 0 Å². The number of hydrogen-bond donors (Lipinski definition) is 1. The van der Waals surface area contributed by atoms with Crippen molar-refractivity contribution in [2.75, 3.05) is 0 Å². The summed E-state index contributed by atoms with van der Waals surface area (Å²) in [6.45, 7) is 1.63. The van der Waals surface area contributed by atoms with Gasteiger partial charge in [0.2, 0.25) is 11.6 Å². The summed E-state index contributed by atoms with van der Waals surface area (Å²) in [7, 11) is 0. The van der Waals surface area contributed by atoms with Crippen LogP contribution in [0.1, 0.15) is 23.1 Å². The van der Waals surface area contributed by atoms with Crippen molar-refractivity contribution >= 4 is 24.1 Å². The third-order valence-corrected chi connectivity index (χ3v) is 2.76. The SMILES string of the molecule is C/C(=C/S)n1c(C(=O)c2ccccc2)noc1=O. The Labute approximate surface area is 108 Å². The Kier molecular flexibility index (Phi) is 3.47. The molecule has 0 radical (unpaired) electrons. The highest BCUT2D eigenvalue weighted by Gasteiger charge is 2.20. The van der Waals surface area contributed by atoms with Gasteiger partial charge in [-0.1, -0.05) is 35.5 Å². The van der Waals surface area contributed by atoms with Crippen molar-refractivity contribution in [3.63, 3.8) is 0 Å². The normalized spacial score (nSPS) is 11.6. The van der Waals surface area contributed by atoms with E-state index in [1.54, 1.807) is 37.3 Å². The number of nitrogens with zero attached hydrogens (tertiary/aromatic N) is 2. The minimum atomic E-state index is -0.711. The average Bonchev–Trinajstić information content (AvgIpc) is 2.80. The monoisotopic (exact) mass is 262 g/mol. The minimum absolute atomic E-state index is 0.0611. The van der Waals surface area contributed by atoms with E-state index in [0.29, 0.717) is 11.3 Å². The number of hydrogen-bond acceptors (Lipinski definition) is 5. The number of allylic oxidation sites excluding steroid dienone is 1. The number of rotatable bonds is 3. The zero-order valence-electron chi connectivity index (χ0n) is 9.53. The van der Waals surface area contributed by atoms with Crippen LogP contribution in [0.4, 0.5) is 0 Å². The molecule has 1 aromatic heterocycles. The Bertz CT molecular complexity index is 655. The number of benzene rings is 1. The van der Waals surface area contributed by atoms with Gasteiger partial charge in [-0.25, -0.2) is 9.36 Å². The van der Waals surface area contributed by atoms with Crippen molar-refractivity contribution < 1.29 is 9.32 Å². The summed E-state index contributed by atoms with van der Waals surface area (Å²) in [6.07, 6.45) is 0. The van der Waals surface area contributed by atoms with Gasteiger partial charge in [-0.05, 0) is 12.3 Å². The van der Waals surface area contributed by atoms with Crippen molar-refractivity contribution in [2.24, 2.45) is 0 Å². The first-order valence-corrected chi connectivity index (χ1v) is 5.66. The van der Waals surface area contributed by atoms with Crippen molar-refractivity contribution in [1.82, 2.24) is 9.72 Å². The maximum atomic E-state index is 12.2. The van der Waals surface area contributed by atoms with E-state index < -0.39 is 5.76 Å². The molecule has 92 valence electrons. The molecule has 0 fully saturated rings. The first-order chi connectivity index (χ1) is 8.65. The summed E-state index contributed by atoms with van der Waals surface area (Å²) in [5, 5.41) is 4.92. The molecule has 0 amide bonds. The average molecular weight is 262 g/mol. The summed E-state index contributed by atoms with van der Waals surface area (Å²) in [5.74, 6) is -1.15. The molecular weight excluding hydrogens is 252 g/mol. The van der Waals surface area contributed by atoms with E-state index >= 15 is 0 Å². The van der Waals surface area contributed by atoms with Gasteiger partial charge in [0.05, 0.1) is 0 Å². The van der Waals surface area contributed by atoms with Crippen molar-refractivity contribution in [3.8, 4) is 0 Å². The highest BCUT2D eigenvalue weighted by Crippen LogP contribution is 2.10. The zero-order chi connectivity index (χ0) is 13.1. The van der Waals surface area contributed by atoms with E-state index in [4.69, 9.17) is 0 Å². The van der Waals surface area contributed by atoms with Gasteiger partial charge in [-0.2, -0.15) is 0 Å². The molecule has 0 bridgehead atoms. The molecule has 18 heavy (non-hydrogen) atoms. The fourth-order valence-corrected chi connectivity index (χ4v) is 1.60. The van der Waals surface area contributed by atoms with Crippen LogP contribution in [-0.2, 0) is 0 Å². The summed E-state index contributed by atoms with van der Waals surface area (Å²) in [5.41, 5.74) is 0.898. The molecule has 0 aliphatic heterocycles. The van der Waals surface area contributed by atoms with Gasteiger partial charge in [0, 0.05) is 11.3 Å². The molecule has 2 aromatic rings. The number of ketones is 1. The van der Waals surface area contributed by atoms with Gasteiger partial charge >= 0.3 is 5.76 Å². The second-order valence-electron chi connectivity index (χ2n) is 3.57. The van der Waals surface area contributed by atoms with Crippen LogP contribution in [0.3, 0.4) is 0 Å². The largest absolute Gasteiger partial charge is 0.446 e. The number of carbonyl (C=O) groups excluding carboxylic acids is 1. The molecule has 0 spiro atoms. The highest BCUT2D eigenvalue weighted by atomic mass is 32.1. The third-order valence-electron chi connectivity index (χ3n) is 2.38. The van der Waals surface area contributed by atoms with Crippen LogP contribution < -0.4 is 5.76 Å². The molecule has 2 rings (SSSR count). The van der Waals surface area contributed by atoms with Crippen LogP contribution in [-0.4, -0.2) is 15.5 Å². The van der Waals surface area contributed by atoms with Gasteiger partial charge in [0.1, 0.15) is 0 Å². The van der Waals surface area contributed by atoms with E-state index in [1.807, 2.05) is 0 Å². The summed E-state index contributed by atoms with van der Waals surface area (Å²) in [4.78, 5) is 23.6. The lowest BCUT2D eigenvalue weighted by Crippen LogP contribution is -2.18. The van der Waals surface area contributed by atoms with E-state index in [2.05, 4.69) is 22.3 Å². The molecule has 0 aliphatic rings. The maximum Gasteiger partial charge on any atom is 0.446 e. The lowest BCUT2D eigenvalue weighted by molar-refractivity contribution is 0.102. The molecular formula is C12H10N2O3S. The molecule has 1 heterocycles. The predicted molar refractivity (Wildman–Crippen MR) is 69.6 cm³/mol. The molecule has 1 aromatic carbocycles. The summed E-state index contributed by atoms with van der Waals surface area (Å²) in [6, 6.07) is 8.55. The van der Waals surface area contributed by atoms with E-state index in [1.165, 1.54) is 5.41 Å². The molecule has 0 atom stereocenters. The van der Waals surface area contributed by atoms with Crippen LogP contribution in [0.5, 0.6) is 0 Å². The predicted octanol–water partition coefficient (Wildman–Crippen LogP) is 1.82. The van der Waals surface area contributed by atoms with E-state index in [9.17, 15) is 9.59 Å². The minimum Gasteiger partial charge on any atom is -0.295 e. The molecule has 0 N–H and O–H groups in total. The Hall–Kier alpha value is -2.08. The quantitative estimate of drug-likeness (QED) is 0.677. The topological polar surface area (TPSA) is 65.1 Å². The summed E-state index contributed by atoms with van der Waals surface area (Å²) >= 11 is 3.95. The van der Waals surface area contributed by atoms with E-state index in [0.717, 1.165) is 4.57 Å². The number of aromatic nitrogens is 2. The van der Waals surface area contributed by atoms with Gasteiger partial charge < -0.3 is 0 Å². The molecule has 5 nitrogen and oxygen atoms in total. The third kappa shape index (κ3) is 2.14. The van der Waals surface area contributed by atoms with Gasteiger partial charge in [-0.3, -0.25) is 9.32 Å². The highest BCUT2D eigenvalue weighted by molar-refractivity contribution is 7.83. The molecule has 0 saturated heterocycles. The Morgan fingerprint density at radius 2 is 2.06 bits per heavy atom. The maximum absolute atomic E-state index is 12.2. The van der Waals surface area contributed by atoms with Crippen LogP contribution in [0.25, 0.3) is 5.70 Å². The standard InChI is InChI=1S/C12H10N2O3S/c1-8(7-18)14-11(13-17-12(14)16)10(15)9-5-3-2-4-6-9/h2-7,18H,1H3/b8-7-. The van der Waals surface area contributed by atoms with Gasteiger partial charge in [-0.15, -0.1) is 12.6 Å². The molecule has 0 aliphatic carbocycles. The molecule has 0 saturated carbocycles. The smallest absolute Gasteiger partial charge is 0.295 e. The summed E-state index contributed by atoms with van der Waals surface area (Å²) < 4.78 is 5.61. The zero-order valence-corrected chi connectivity index (χ0v) is 10.4. The van der Waals surface area contributed by atoms with Crippen LogP contribution in [0.15, 0.2) is 45.1 Å². The van der Waals surface area contributed by atoms with E-state index in [-0.39, 0.29) is 11.6 Å². The van der Waals surface area contributed by atoms with Crippen LogP contribution in [0.2, 0.25) is 0 Å². The fourth-order valence-electron chi connectivity index (χ4n) is 1.48. The Morgan fingerprint density at radius 3 is 2.67 bits per heavy atom. The lowest BCUT2D eigenvalue weighted by Gasteiger charge is -2.02. The fraction of sp³-hybridized carbons (Fsp3) is 0.0833.